The molecule has 3 N–H and O–H groups in total. The van der Waals surface area contributed by atoms with E-state index in [9.17, 15) is 9.59 Å². The van der Waals surface area contributed by atoms with Crippen molar-refractivity contribution in [2.45, 2.75) is 77.8 Å². The lowest BCUT2D eigenvalue weighted by Crippen LogP contribution is -2.54. The van der Waals surface area contributed by atoms with Gasteiger partial charge in [-0.3, -0.25) is 9.59 Å². The van der Waals surface area contributed by atoms with Crippen LogP contribution in [0.1, 0.15) is 65.4 Å². The van der Waals surface area contributed by atoms with Gasteiger partial charge in [0, 0.05) is 24.7 Å². The Kier molecular flexibility index (Phi) is 7.50. The molecule has 1 aromatic carbocycles. The smallest absolute Gasteiger partial charge is 0.245 e. The van der Waals surface area contributed by atoms with Gasteiger partial charge in [-0.05, 0) is 64.5 Å². The molecule has 0 spiro atoms. The summed E-state index contributed by atoms with van der Waals surface area (Å²) in [5.74, 6) is 0.443. The fourth-order valence-corrected chi connectivity index (χ4v) is 4.36. The molecule has 0 heterocycles. The van der Waals surface area contributed by atoms with Gasteiger partial charge in [0.25, 0.3) is 0 Å². The fourth-order valence-electron chi connectivity index (χ4n) is 4.36. The molecule has 0 bridgehead atoms. The quantitative estimate of drug-likeness (QED) is 0.570. The Morgan fingerprint density at radius 3 is 2.48 bits per heavy atom. The van der Waals surface area contributed by atoms with Crippen LogP contribution in [0.4, 0.5) is 5.69 Å². The minimum Gasteiger partial charge on any atom is -0.372 e. The zero-order valence-corrected chi connectivity index (χ0v) is 18.7. The third-order valence-electron chi connectivity index (χ3n) is 5.83. The Morgan fingerprint density at radius 2 is 1.90 bits per heavy atom. The van der Waals surface area contributed by atoms with Crippen LogP contribution in [0.2, 0.25) is 0 Å². The number of hydrogen-bond acceptors (Lipinski definition) is 3. The van der Waals surface area contributed by atoms with Crippen molar-refractivity contribution in [3.8, 4) is 0 Å². The molecule has 160 valence electrons. The maximum Gasteiger partial charge on any atom is 0.245 e. The van der Waals surface area contributed by atoms with Crippen LogP contribution < -0.4 is 16.0 Å². The molecule has 0 aliphatic heterocycles. The van der Waals surface area contributed by atoms with Crippen LogP contribution in [-0.4, -0.2) is 29.4 Å². The Balaban J connectivity index is 1.98. The van der Waals surface area contributed by atoms with Gasteiger partial charge >= 0.3 is 0 Å². The van der Waals surface area contributed by atoms with Gasteiger partial charge in [-0.25, -0.2) is 0 Å². The van der Waals surface area contributed by atoms with Crippen molar-refractivity contribution >= 4 is 17.5 Å². The monoisotopic (exact) mass is 399 g/mol. The summed E-state index contributed by atoms with van der Waals surface area (Å²) in [5, 5.41) is 9.55. The van der Waals surface area contributed by atoms with E-state index >= 15 is 0 Å². The summed E-state index contributed by atoms with van der Waals surface area (Å²) in [4.78, 5) is 24.7. The lowest BCUT2D eigenvalue weighted by molar-refractivity contribution is -0.124. The number of carbonyl (C=O) groups is 2. The van der Waals surface area contributed by atoms with Crippen LogP contribution in [0.5, 0.6) is 0 Å². The van der Waals surface area contributed by atoms with Gasteiger partial charge < -0.3 is 16.0 Å². The van der Waals surface area contributed by atoms with Crippen molar-refractivity contribution in [3.63, 3.8) is 0 Å². The molecule has 0 radical (unpaired) electrons. The predicted octanol–water partition coefficient (Wildman–Crippen LogP) is 4.33. The van der Waals surface area contributed by atoms with Crippen LogP contribution in [-0.2, 0) is 9.59 Å². The van der Waals surface area contributed by atoms with Crippen molar-refractivity contribution in [1.82, 2.24) is 10.6 Å². The fraction of sp³-hybridized carbons (Fsp3) is 0.583. The maximum atomic E-state index is 12.8. The number of nitrogens with one attached hydrogen (secondary N) is 3. The van der Waals surface area contributed by atoms with E-state index in [2.05, 4.69) is 29.5 Å². The summed E-state index contributed by atoms with van der Waals surface area (Å²) < 4.78 is 0. The molecule has 2 rings (SSSR count). The largest absolute Gasteiger partial charge is 0.372 e. The average molecular weight is 400 g/mol. The van der Waals surface area contributed by atoms with Crippen LogP contribution in [0.3, 0.4) is 0 Å². The average Bonchev–Trinajstić information content (AvgIpc) is 2.62. The highest BCUT2D eigenvalue weighted by molar-refractivity contribution is 5.88. The Labute approximate surface area is 175 Å². The van der Waals surface area contributed by atoms with E-state index in [-0.39, 0.29) is 17.4 Å². The second-order valence-electron chi connectivity index (χ2n) is 9.19. The van der Waals surface area contributed by atoms with E-state index in [0.717, 1.165) is 31.4 Å². The molecule has 1 aromatic rings. The molecular formula is C24H37N3O2. The highest BCUT2D eigenvalue weighted by Crippen LogP contribution is 2.38. The van der Waals surface area contributed by atoms with E-state index in [4.69, 9.17) is 0 Å². The van der Waals surface area contributed by atoms with Gasteiger partial charge in [0.2, 0.25) is 11.8 Å². The molecule has 2 amide bonds. The highest BCUT2D eigenvalue weighted by atomic mass is 16.2. The Morgan fingerprint density at radius 1 is 1.24 bits per heavy atom. The van der Waals surface area contributed by atoms with Gasteiger partial charge in [0.15, 0.2) is 0 Å². The summed E-state index contributed by atoms with van der Waals surface area (Å²) in [7, 11) is 0. The predicted molar refractivity (Wildman–Crippen MR) is 120 cm³/mol. The third kappa shape index (κ3) is 6.62. The third-order valence-corrected chi connectivity index (χ3v) is 5.83. The van der Waals surface area contributed by atoms with E-state index < -0.39 is 5.54 Å². The minimum atomic E-state index is -0.738. The second-order valence-corrected chi connectivity index (χ2v) is 9.19. The number of benzene rings is 1. The van der Waals surface area contributed by atoms with E-state index in [1.165, 1.54) is 11.1 Å². The van der Waals surface area contributed by atoms with Crippen LogP contribution in [0.25, 0.3) is 0 Å². The molecule has 1 fully saturated rings. The summed E-state index contributed by atoms with van der Waals surface area (Å²) in [6, 6.07) is 8.00. The number of amides is 2. The van der Waals surface area contributed by atoms with Gasteiger partial charge in [-0.1, -0.05) is 43.2 Å². The molecule has 1 saturated carbocycles. The molecule has 1 aliphatic carbocycles. The van der Waals surface area contributed by atoms with Crippen molar-refractivity contribution in [2.24, 2.45) is 5.92 Å². The van der Waals surface area contributed by atoms with E-state index in [1.54, 1.807) is 6.92 Å². The Bertz CT molecular complexity index is 735. The number of anilines is 1. The molecule has 2 atom stereocenters. The normalized spacial score (nSPS) is 22.1. The standard InChI is InChI=1S/C24H37N3O2/c1-7-20-14-18(3)15-24(16-20,26-19(4)28)12-13-25-22(29)23(5,6)27-21-10-8-17(2)9-11-21/h8-11,20,27H,3,7,12-16H2,1-2,4-6H3,(H,25,29)(H,26,28)/t20?,24-/m0/s1. The number of carbonyl (C=O) groups excluding carboxylic acids is 2. The molecule has 5 nitrogen and oxygen atoms in total. The molecule has 0 aromatic heterocycles. The lowest BCUT2D eigenvalue weighted by atomic mass is 9.71. The van der Waals surface area contributed by atoms with E-state index in [1.807, 2.05) is 45.0 Å². The van der Waals surface area contributed by atoms with Crippen molar-refractivity contribution in [2.75, 3.05) is 11.9 Å². The summed E-state index contributed by atoms with van der Waals surface area (Å²) in [5.41, 5.74) is 2.23. The van der Waals surface area contributed by atoms with Crippen LogP contribution in [0.15, 0.2) is 36.4 Å². The first-order valence-electron chi connectivity index (χ1n) is 10.6. The first-order valence-corrected chi connectivity index (χ1v) is 10.6. The molecular weight excluding hydrogens is 362 g/mol. The molecule has 29 heavy (non-hydrogen) atoms. The van der Waals surface area contributed by atoms with Crippen LogP contribution >= 0.6 is 0 Å². The minimum absolute atomic E-state index is 0.0257. The zero-order valence-electron chi connectivity index (χ0n) is 18.7. The second kappa shape index (κ2) is 9.47. The molecule has 1 aliphatic rings. The first-order chi connectivity index (χ1) is 13.5. The Hall–Kier alpha value is -2.30. The van der Waals surface area contributed by atoms with Gasteiger partial charge in [0.05, 0.1) is 0 Å². The molecule has 0 saturated heterocycles. The van der Waals surface area contributed by atoms with Gasteiger partial charge in [-0.15, -0.1) is 0 Å². The highest BCUT2D eigenvalue weighted by Gasteiger charge is 2.38. The summed E-state index contributed by atoms with van der Waals surface area (Å²) in [6.45, 7) is 14.3. The van der Waals surface area contributed by atoms with Crippen LogP contribution in [0, 0.1) is 12.8 Å². The maximum absolute atomic E-state index is 12.8. The zero-order chi connectivity index (χ0) is 21.7. The number of rotatable bonds is 8. The molecule has 5 heteroatoms. The van der Waals surface area contributed by atoms with Gasteiger partial charge in [-0.2, -0.15) is 0 Å². The van der Waals surface area contributed by atoms with Crippen molar-refractivity contribution in [3.05, 3.63) is 42.0 Å². The molecule has 1 unspecified atom stereocenters. The number of hydrogen-bond donors (Lipinski definition) is 3. The van der Waals surface area contributed by atoms with Crippen molar-refractivity contribution in [1.29, 1.82) is 0 Å². The topological polar surface area (TPSA) is 70.2 Å². The first kappa shape index (κ1) is 23.0. The van der Waals surface area contributed by atoms with Crippen molar-refractivity contribution < 1.29 is 9.59 Å². The summed E-state index contributed by atoms with van der Waals surface area (Å²) in [6.07, 6.45) is 4.51. The SMILES string of the molecule is C=C1CC(CC)C[C@@](CCNC(=O)C(C)(C)Nc2ccc(C)cc2)(NC(C)=O)C1. The lowest BCUT2D eigenvalue weighted by Gasteiger charge is -2.42. The number of aryl methyl sites for hydroxylation is 1. The van der Waals surface area contributed by atoms with E-state index in [0.29, 0.717) is 18.9 Å². The van der Waals surface area contributed by atoms with Gasteiger partial charge in [0.1, 0.15) is 5.54 Å². The summed E-state index contributed by atoms with van der Waals surface area (Å²) >= 11 is 0.